The molecule has 160 valence electrons. The molecule has 9 heteroatoms. The van der Waals surface area contributed by atoms with Crippen molar-refractivity contribution in [2.24, 2.45) is 0 Å². The van der Waals surface area contributed by atoms with Gasteiger partial charge in [0.25, 0.3) is 11.5 Å². The molecular weight excluding hydrogens is 420 g/mol. The van der Waals surface area contributed by atoms with E-state index in [0.29, 0.717) is 39.7 Å². The van der Waals surface area contributed by atoms with Crippen LogP contribution in [0, 0.1) is 0 Å². The number of H-pyrrole nitrogens is 1. The van der Waals surface area contributed by atoms with Gasteiger partial charge in [-0.15, -0.1) is 0 Å². The topological polar surface area (TPSA) is 95.6 Å². The minimum Gasteiger partial charge on any atom is -0.476 e. The highest BCUT2D eigenvalue weighted by Gasteiger charge is 2.34. The number of fused-ring (bicyclic) bond motifs is 2. The maximum atomic E-state index is 13.2. The number of anilines is 1. The van der Waals surface area contributed by atoms with Crippen LogP contribution in [0.1, 0.15) is 19.7 Å². The number of carbonyl (C=O) groups is 2. The van der Waals surface area contributed by atoms with Crippen molar-refractivity contribution >= 4 is 40.0 Å². The molecule has 1 atom stereocenters. The summed E-state index contributed by atoms with van der Waals surface area (Å²) in [7, 11) is 0. The molecule has 0 aliphatic carbocycles. The molecule has 0 fully saturated rings. The van der Waals surface area contributed by atoms with Crippen LogP contribution >= 0.6 is 11.6 Å². The van der Waals surface area contributed by atoms with Crippen molar-refractivity contribution < 1.29 is 14.3 Å². The van der Waals surface area contributed by atoms with E-state index in [2.05, 4.69) is 9.97 Å². The summed E-state index contributed by atoms with van der Waals surface area (Å²) in [5.74, 6) is 0.353. The lowest BCUT2D eigenvalue weighted by molar-refractivity contribution is -0.139. The summed E-state index contributed by atoms with van der Waals surface area (Å²) in [4.78, 5) is 48.0. The Balaban J connectivity index is 1.60. The van der Waals surface area contributed by atoms with Gasteiger partial charge in [-0.1, -0.05) is 23.7 Å². The van der Waals surface area contributed by atoms with Gasteiger partial charge < -0.3 is 19.5 Å². The lowest BCUT2D eigenvalue weighted by Gasteiger charge is -2.35. The summed E-state index contributed by atoms with van der Waals surface area (Å²) >= 11 is 6.02. The number of nitrogens with one attached hydrogen (secondary N) is 1. The molecule has 2 heterocycles. The first-order valence-electron chi connectivity index (χ1n) is 9.88. The summed E-state index contributed by atoms with van der Waals surface area (Å²) in [5, 5.41) is 0.894. The Morgan fingerprint density at radius 1 is 1.29 bits per heavy atom. The smallest absolute Gasteiger partial charge is 0.265 e. The van der Waals surface area contributed by atoms with Crippen LogP contribution < -0.4 is 15.2 Å². The fourth-order valence-corrected chi connectivity index (χ4v) is 3.79. The van der Waals surface area contributed by atoms with Crippen molar-refractivity contribution in [3.05, 3.63) is 63.7 Å². The standard InChI is InChI=1S/C22H21ClN4O4/c1-3-26(12-20-24-16-10-14(23)8-9-15(16)21(29)25-20)22(30)19-11-27(13(2)28)17-6-4-5-7-18(17)31-19/h4-10,19H,3,11-12H2,1-2H3,(H,24,25,29)/t19-/m1/s1. The van der Waals surface area contributed by atoms with E-state index in [9.17, 15) is 14.4 Å². The summed E-state index contributed by atoms with van der Waals surface area (Å²) in [6.07, 6.45) is -0.861. The fraction of sp³-hybridized carbons (Fsp3) is 0.273. The molecule has 2 amide bonds. The third kappa shape index (κ3) is 4.11. The number of rotatable bonds is 4. The summed E-state index contributed by atoms with van der Waals surface area (Å²) in [6.45, 7) is 3.86. The SMILES string of the molecule is CCN(Cc1nc2cc(Cl)ccc2c(=O)[nH]1)C(=O)[C@H]1CN(C(C)=O)c2ccccc2O1. The first-order chi connectivity index (χ1) is 14.9. The molecule has 1 N–H and O–H groups in total. The monoisotopic (exact) mass is 440 g/mol. The number of para-hydroxylation sites is 2. The Hall–Kier alpha value is -3.39. The van der Waals surface area contributed by atoms with Crippen LogP contribution in [0.3, 0.4) is 0 Å². The second-order valence-electron chi connectivity index (χ2n) is 7.23. The van der Waals surface area contributed by atoms with Gasteiger partial charge in [-0.3, -0.25) is 14.4 Å². The highest BCUT2D eigenvalue weighted by atomic mass is 35.5. The summed E-state index contributed by atoms with van der Waals surface area (Å²) in [5.41, 5.74) is 0.797. The van der Waals surface area contributed by atoms with Crippen molar-refractivity contribution in [3.8, 4) is 5.75 Å². The van der Waals surface area contributed by atoms with E-state index >= 15 is 0 Å². The zero-order chi connectivity index (χ0) is 22.1. The quantitative estimate of drug-likeness (QED) is 0.673. The number of aromatic nitrogens is 2. The Bertz CT molecular complexity index is 1230. The van der Waals surface area contributed by atoms with Gasteiger partial charge in [0.2, 0.25) is 5.91 Å². The molecule has 0 bridgehead atoms. The highest BCUT2D eigenvalue weighted by molar-refractivity contribution is 6.31. The summed E-state index contributed by atoms with van der Waals surface area (Å²) < 4.78 is 5.91. The van der Waals surface area contributed by atoms with Crippen LogP contribution in [-0.2, 0) is 16.1 Å². The van der Waals surface area contributed by atoms with Crippen LogP contribution in [0.5, 0.6) is 5.75 Å². The van der Waals surface area contributed by atoms with E-state index in [0.717, 1.165) is 0 Å². The Morgan fingerprint density at radius 3 is 2.81 bits per heavy atom. The molecule has 1 aliphatic heterocycles. The number of ether oxygens (including phenoxy) is 1. The van der Waals surface area contributed by atoms with E-state index in [-0.39, 0.29) is 30.5 Å². The Kier molecular flexibility index (Phi) is 5.65. The van der Waals surface area contributed by atoms with Gasteiger partial charge >= 0.3 is 0 Å². The Labute approximate surface area is 183 Å². The fourth-order valence-electron chi connectivity index (χ4n) is 3.63. The van der Waals surface area contributed by atoms with Gasteiger partial charge in [-0.25, -0.2) is 4.98 Å². The number of carbonyl (C=O) groups excluding carboxylic acids is 2. The third-order valence-electron chi connectivity index (χ3n) is 5.18. The molecular formula is C22H21ClN4O4. The lowest BCUT2D eigenvalue weighted by Crippen LogP contribution is -2.51. The molecule has 0 radical (unpaired) electrons. The molecule has 0 saturated carbocycles. The number of hydrogen-bond donors (Lipinski definition) is 1. The molecule has 2 aromatic carbocycles. The van der Waals surface area contributed by atoms with Gasteiger partial charge in [-0.05, 0) is 37.3 Å². The molecule has 4 rings (SSSR count). The number of halogens is 1. The van der Waals surface area contributed by atoms with Crippen LogP contribution in [0.25, 0.3) is 10.9 Å². The number of likely N-dealkylation sites (N-methyl/N-ethyl adjacent to an activating group) is 1. The molecule has 3 aromatic rings. The molecule has 0 spiro atoms. The highest BCUT2D eigenvalue weighted by Crippen LogP contribution is 2.33. The van der Waals surface area contributed by atoms with Crippen molar-refractivity contribution in [2.45, 2.75) is 26.5 Å². The number of amides is 2. The van der Waals surface area contributed by atoms with Crippen molar-refractivity contribution in [1.29, 1.82) is 0 Å². The average Bonchev–Trinajstić information content (AvgIpc) is 2.75. The maximum absolute atomic E-state index is 13.2. The van der Waals surface area contributed by atoms with E-state index in [4.69, 9.17) is 16.3 Å². The first-order valence-corrected chi connectivity index (χ1v) is 10.3. The molecule has 0 saturated heterocycles. The lowest BCUT2D eigenvalue weighted by atomic mass is 10.1. The van der Waals surface area contributed by atoms with Crippen molar-refractivity contribution in [3.63, 3.8) is 0 Å². The zero-order valence-electron chi connectivity index (χ0n) is 17.1. The van der Waals surface area contributed by atoms with Gasteiger partial charge in [-0.2, -0.15) is 0 Å². The minimum absolute atomic E-state index is 0.0919. The predicted octanol–water partition coefficient (Wildman–Crippen LogP) is 2.74. The van der Waals surface area contributed by atoms with Crippen molar-refractivity contribution in [2.75, 3.05) is 18.0 Å². The molecule has 1 aromatic heterocycles. The van der Waals surface area contributed by atoms with E-state index in [1.807, 2.05) is 13.0 Å². The third-order valence-corrected chi connectivity index (χ3v) is 5.42. The van der Waals surface area contributed by atoms with Crippen LogP contribution in [0.15, 0.2) is 47.3 Å². The minimum atomic E-state index is -0.861. The molecule has 8 nitrogen and oxygen atoms in total. The van der Waals surface area contributed by atoms with Gasteiger partial charge in [0.1, 0.15) is 11.6 Å². The van der Waals surface area contributed by atoms with E-state index in [1.54, 1.807) is 36.4 Å². The average molecular weight is 441 g/mol. The Morgan fingerprint density at radius 2 is 2.06 bits per heavy atom. The second-order valence-corrected chi connectivity index (χ2v) is 7.67. The van der Waals surface area contributed by atoms with E-state index < -0.39 is 6.10 Å². The number of aromatic amines is 1. The normalized spacial score (nSPS) is 15.3. The number of nitrogens with zero attached hydrogens (tertiary/aromatic N) is 3. The van der Waals surface area contributed by atoms with Gasteiger partial charge in [0, 0.05) is 18.5 Å². The molecule has 1 aliphatic rings. The van der Waals surface area contributed by atoms with Gasteiger partial charge in [0.05, 0.1) is 29.7 Å². The number of hydrogen-bond acceptors (Lipinski definition) is 5. The largest absolute Gasteiger partial charge is 0.476 e. The van der Waals surface area contributed by atoms with Crippen LogP contribution in [0.2, 0.25) is 5.02 Å². The number of benzene rings is 2. The van der Waals surface area contributed by atoms with E-state index in [1.165, 1.54) is 16.7 Å². The first kappa shape index (κ1) is 20.9. The predicted molar refractivity (Wildman–Crippen MR) is 117 cm³/mol. The maximum Gasteiger partial charge on any atom is 0.265 e. The summed E-state index contributed by atoms with van der Waals surface area (Å²) in [6, 6.07) is 12.0. The molecule has 31 heavy (non-hydrogen) atoms. The second kappa shape index (κ2) is 8.39. The van der Waals surface area contributed by atoms with Crippen LogP contribution in [-0.4, -0.2) is 45.9 Å². The molecule has 0 unspecified atom stereocenters. The van der Waals surface area contributed by atoms with Gasteiger partial charge in [0.15, 0.2) is 6.10 Å². The zero-order valence-corrected chi connectivity index (χ0v) is 17.8. The van der Waals surface area contributed by atoms with Crippen LogP contribution in [0.4, 0.5) is 5.69 Å². The van der Waals surface area contributed by atoms with Crippen molar-refractivity contribution in [1.82, 2.24) is 14.9 Å².